The predicted molar refractivity (Wildman–Crippen MR) is 103 cm³/mol. The van der Waals surface area contributed by atoms with Crippen molar-refractivity contribution in [3.05, 3.63) is 89.2 Å². The van der Waals surface area contributed by atoms with Crippen LogP contribution < -0.4 is 10.6 Å². The Labute approximate surface area is 162 Å². The maximum Gasteiger partial charge on any atom is 0.272 e. The Hall–Kier alpha value is -3.45. The van der Waals surface area contributed by atoms with E-state index in [-0.39, 0.29) is 42.3 Å². The number of carbonyl (C=O) groups is 2. The molecule has 2 heterocycles. The number of aliphatic hydroxyl groups excluding tert-OH is 1. The highest BCUT2D eigenvalue weighted by Crippen LogP contribution is 2.22. The number of benzene rings is 2. The first kappa shape index (κ1) is 17.9. The van der Waals surface area contributed by atoms with E-state index < -0.39 is 6.10 Å². The molecule has 142 valence electrons. The highest BCUT2D eigenvalue weighted by Gasteiger charge is 2.25. The normalized spacial score (nSPS) is 16.2. The minimum Gasteiger partial charge on any atom is -0.389 e. The van der Waals surface area contributed by atoms with Crippen molar-refractivity contribution in [3.63, 3.8) is 0 Å². The summed E-state index contributed by atoms with van der Waals surface area (Å²) < 4.78 is 1.38. The molecule has 4 rings (SSSR count). The molecule has 0 radical (unpaired) electrons. The molecule has 0 aliphatic carbocycles. The highest BCUT2D eigenvalue weighted by atomic mass is 16.3. The molecule has 1 atom stereocenters. The average molecular weight is 376 g/mol. The summed E-state index contributed by atoms with van der Waals surface area (Å²) in [5, 5.41) is 19.7. The van der Waals surface area contributed by atoms with E-state index in [0.29, 0.717) is 0 Å². The topological polar surface area (TPSA) is 96.2 Å². The van der Waals surface area contributed by atoms with E-state index in [1.54, 1.807) is 0 Å². The van der Waals surface area contributed by atoms with Crippen molar-refractivity contribution < 1.29 is 14.7 Å². The minimum atomic E-state index is -0.748. The van der Waals surface area contributed by atoms with Crippen LogP contribution in [-0.4, -0.2) is 39.4 Å². The Kier molecular flexibility index (Phi) is 4.90. The second-order valence-electron chi connectivity index (χ2n) is 6.69. The maximum atomic E-state index is 12.9. The lowest BCUT2D eigenvalue weighted by Gasteiger charge is -2.19. The van der Waals surface area contributed by atoms with Gasteiger partial charge in [-0.3, -0.25) is 14.3 Å². The number of hydrogen-bond acceptors (Lipinski definition) is 4. The molecule has 0 saturated heterocycles. The van der Waals surface area contributed by atoms with Crippen LogP contribution in [0.4, 0.5) is 0 Å². The Balaban J connectivity index is 1.63. The van der Waals surface area contributed by atoms with Crippen molar-refractivity contribution in [3.8, 4) is 0 Å². The number of carbonyl (C=O) groups excluding carboxylic acids is 2. The summed E-state index contributed by atoms with van der Waals surface area (Å²) >= 11 is 0. The van der Waals surface area contributed by atoms with Crippen LogP contribution in [0.15, 0.2) is 66.7 Å². The number of aliphatic hydroxyl groups is 1. The van der Waals surface area contributed by atoms with Gasteiger partial charge in [0, 0.05) is 12.6 Å². The highest BCUT2D eigenvalue weighted by molar-refractivity contribution is 5.98. The number of rotatable bonds is 4. The quantitative estimate of drug-likeness (QED) is 0.643. The zero-order valence-corrected chi connectivity index (χ0v) is 15.1. The monoisotopic (exact) mass is 376 g/mol. The van der Waals surface area contributed by atoms with Crippen LogP contribution in [0.2, 0.25) is 0 Å². The van der Waals surface area contributed by atoms with Crippen LogP contribution in [0.25, 0.3) is 0 Å². The largest absolute Gasteiger partial charge is 0.389 e. The van der Waals surface area contributed by atoms with Crippen molar-refractivity contribution in [2.45, 2.75) is 18.7 Å². The Morgan fingerprint density at radius 1 is 1.11 bits per heavy atom. The third-order valence-electron chi connectivity index (χ3n) is 4.67. The third-order valence-corrected chi connectivity index (χ3v) is 4.67. The number of amides is 2. The first-order chi connectivity index (χ1) is 13.6. The summed E-state index contributed by atoms with van der Waals surface area (Å²) in [6, 6.07) is 20.4. The van der Waals surface area contributed by atoms with Crippen molar-refractivity contribution in [2.75, 3.05) is 6.54 Å². The molecule has 0 saturated carbocycles. The van der Waals surface area contributed by atoms with Crippen molar-refractivity contribution >= 4 is 11.8 Å². The van der Waals surface area contributed by atoms with Gasteiger partial charge in [0.1, 0.15) is 5.69 Å². The van der Waals surface area contributed by atoms with Gasteiger partial charge in [0.2, 0.25) is 0 Å². The smallest absolute Gasteiger partial charge is 0.272 e. The van der Waals surface area contributed by atoms with Gasteiger partial charge in [-0.15, -0.1) is 0 Å². The van der Waals surface area contributed by atoms with Crippen molar-refractivity contribution in [2.24, 2.45) is 0 Å². The Morgan fingerprint density at radius 2 is 1.71 bits per heavy atom. The van der Waals surface area contributed by atoms with Gasteiger partial charge in [0.05, 0.1) is 18.7 Å². The summed E-state index contributed by atoms with van der Waals surface area (Å²) in [5.41, 5.74) is 2.28. The third kappa shape index (κ3) is 3.65. The van der Waals surface area contributed by atoms with Crippen LogP contribution in [-0.2, 0) is 6.54 Å². The average Bonchev–Trinajstić information content (AvgIpc) is 3.10. The number of β-amino-alcohol motifs (C(OH)–C–C–N with tert-alkyl or cyclic N) is 1. The molecule has 7 nitrogen and oxygen atoms in total. The molecular weight excluding hydrogens is 356 g/mol. The second-order valence-corrected chi connectivity index (χ2v) is 6.69. The van der Waals surface area contributed by atoms with Gasteiger partial charge in [-0.1, -0.05) is 60.7 Å². The minimum absolute atomic E-state index is 0.135. The van der Waals surface area contributed by atoms with Gasteiger partial charge in [0.25, 0.3) is 11.8 Å². The van der Waals surface area contributed by atoms with E-state index in [1.807, 2.05) is 60.7 Å². The molecule has 1 aliphatic rings. The van der Waals surface area contributed by atoms with Crippen LogP contribution in [0.5, 0.6) is 0 Å². The van der Waals surface area contributed by atoms with Crippen molar-refractivity contribution in [1.82, 2.24) is 20.4 Å². The zero-order valence-electron chi connectivity index (χ0n) is 15.1. The summed E-state index contributed by atoms with van der Waals surface area (Å²) in [5.74, 6) is -0.744. The SMILES string of the molecule is O=C(NC(c1ccccc1)c1ccccc1)c1cc2n(n1)CC(O)CNC2=O. The summed E-state index contributed by atoms with van der Waals surface area (Å²) in [6.45, 7) is 0.315. The molecule has 1 aliphatic heterocycles. The first-order valence-electron chi connectivity index (χ1n) is 9.06. The van der Waals surface area contributed by atoms with Crippen LogP contribution in [0.1, 0.15) is 38.1 Å². The molecule has 0 spiro atoms. The molecule has 0 fully saturated rings. The molecule has 1 unspecified atom stereocenters. The summed E-state index contributed by atoms with van der Waals surface area (Å²) in [6.07, 6.45) is -0.748. The fraction of sp³-hybridized carbons (Fsp3) is 0.190. The molecule has 3 aromatic rings. The molecule has 0 bridgehead atoms. The molecule has 2 aromatic carbocycles. The molecule has 28 heavy (non-hydrogen) atoms. The Bertz CT molecular complexity index is 946. The maximum absolute atomic E-state index is 12.9. The predicted octanol–water partition coefficient (Wildman–Crippen LogP) is 1.51. The number of nitrogens with one attached hydrogen (secondary N) is 2. The standard InChI is InChI=1S/C21H20N4O3/c26-16-12-22-21(28)18-11-17(24-25(18)13-16)20(27)23-19(14-7-3-1-4-8-14)15-9-5-2-6-10-15/h1-11,16,19,26H,12-13H2,(H,22,28)(H,23,27). The van der Waals surface area contributed by atoms with Gasteiger partial charge in [-0.25, -0.2) is 0 Å². The molecule has 7 heteroatoms. The van der Waals surface area contributed by atoms with E-state index in [2.05, 4.69) is 15.7 Å². The van der Waals surface area contributed by atoms with E-state index >= 15 is 0 Å². The van der Waals surface area contributed by atoms with Gasteiger partial charge in [-0.2, -0.15) is 5.10 Å². The van der Waals surface area contributed by atoms with Crippen LogP contribution >= 0.6 is 0 Å². The number of fused-ring (bicyclic) bond motifs is 1. The lowest BCUT2D eigenvalue weighted by atomic mass is 9.98. The van der Waals surface area contributed by atoms with E-state index in [9.17, 15) is 14.7 Å². The van der Waals surface area contributed by atoms with E-state index in [0.717, 1.165) is 11.1 Å². The molecule has 3 N–H and O–H groups in total. The van der Waals surface area contributed by atoms with Gasteiger partial charge < -0.3 is 15.7 Å². The summed E-state index contributed by atoms with van der Waals surface area (Å²) in [4.78, 5) is 25.0. The van der Waals surface area contributed by atoms with Crippen LogP contribution in [0.3, 0.4) is 0 Å². The number of aromatic nitrogens is 2. The van der Waals surface area contributed by atoms with Crippen molar-refractivity contribution in [1.29, 1.82) is 0 Å². The second kappa shape index (κ2) is 7.66. The fourth-order valence-electron chi connectivity index (χ4n) is 3.27. The summed E-state index contributed by atoms with van der Waals surface area (Å²) in [7, 11) is 0. The number of nitrogens with zero attached hydrogens (tertiary/aromatic N) is 2. The van der Waals surface area contributed by atoms with Gasteiger partial charge >= 0.3 is 0 Å². The van der Waals surface area contributed by atoms with E-state index in [4.69, 9.17) is 0 Å². The number of hydrogen-bond donors (Lipinski definition) is 3. The lowest BCUT2D eigenvalue weighted by molar-refractivity contribution is 0.0930. The lowest BCUT2D eigenvalue weighted by Crippen LogP contribution is -2.31. The molecular formula is C21H20N4O3. The fourth-order valence-corrected chi connectivity index (χ4v) is 3.27. The zero-order chi connectivity index (χ0) is 19.5. The molecule has 1 aromatic heterocycles. The van der Waals surface area contributed by atoms with Gasteiger partial charge in [0.15, 0.2) is 5.69 Å². The van der Waals surface area contributed by atoms with E-state index in [1.165, 1.54) is 10.7 Å². The van der Waals surface area contributed by atoms with Gasteiger partial charge in [-0.05, 0) is 11.1 Å². The van der Waals surface area contributed by atoms with Crippen LogP contribution in [0, 0.1) is 0 Å². The first-order valence-corrected chi connectivity index (χ1v) is 9.06. The molecule has 2 amide bonds. The Morgan fingerprint density at radius 3 is 2.32 bits per heavy atom.